The summed E-state index contributed by atoms with van der Waals surface area (Å²) in [6.07, 6.45) is 0.980. The molecule has 0 atom stereocenters. The number of amides is 2. The zero-order valence-corrected chi connectivity index (χ0v) is 16.8. The molecule has 0 fully saturated rings. The minimum absolute atomic E-state index is 0.206. The van der Waals surface area contributed by atoms with Gasteiger partial charge in [0.1, 0.15) is 6.42 Å². The van der Waals surface area contributed by atoms with Crippen molar-refractivity contribution in [3.05, 3.63) is 52.0 Å². The molecule has 2 aromatic carbocycles. The molecule has 2 aromatic rings. The van der Waals surface area contributed by atoms with Gasteiger partial charge in [0.15, 0.2) is 11.5 Å². The van der Waals surface area contributed by atoms with Gasteiger partial charge in [-0.05, 0) is 31.2 Å². The first-order chi connectivity index (χ1) is 13.5. The molecule has 0 bridgehead atoms. The van der Waals surface area contributed by atoms with Crippen LogP contribution in [0.1, 0.15) is 18.9 Å². The molecule has 28 heavy (non-hydrogen) atoms. The Morgan fingerprint density at radius 2 is 1.89 bits per heavy atom. The molecule has 7 nitrogen and oxygen atoms in total. The minimum Gasteiger partial charge on any atom is -0.493 e. The van der Waals surface area contributed by atoms with Crippen molar-refractivity contribution in [1.29, 1.82) is 0 Å². The fraction of sp³-hybridized carbons (Fsp3) is 0.211. The van der Waals surface area contributed by atoms with E-state index in [0.29, 0.717) is 34.4 Å². The van der Waals surface area contributed by atoms with Gasteiger partial charge >= 0.3 is 0 Å². The number of carbonyl (C=O) groups excluding carboxylic acids is 2. The van der Waals surface area contributed by atoms with E-state index in [9.17, 15) is 9.59 Å². The average Bonchev–Trinajstić information content (AvgIpc) is 2.66. The third kappa shape index (κ3) is 5.87. The van der Waals surface area contributed by atoms with E-state index in [1.165, 1.54) is 13.3 Å². The number of hydrogen-bond acceptors (Lipinski definition) is 5. The lowest BCUT2D eigenvalue weighted by Crippen LogP contribution is -2.24. The zero-order chi connectivity index (χ0) is 20.5. The predicted octanol–water partition coefficient (Wildman–Crippen LogP) is 3.88. The monoisotopic (exact) mass is 423 g/mol. The van der Waals surface area contributed by atoms with E-state index < -0.39 is 18.2 Å². The number of benzene rings is 2. The van der Waals surface area contributed by atoms with Crippen LogP contribution >= 0.6 is 23.2 Å². The van der Waals surface area contributed by atoms with Crippen LogP contribution in [-0.4, -0.2) is 31.7 Å². The van der Waals surface area contributed by atoms with Gasteiger partial charge in [-0.3, -0.25) is 9.59 Å². The van der Waals surface area contributed by atoms with Crippen LogP contribution in [0.4, 0.5) is 5.69 Å². The van der Waals surface area contributed by atoms with Crippen molar-refractivity contribution in [3.8, 4) is 11.5 Å². The quantitative estimate of drug-likeness (QED) is 0.383. The number of methoxy groups -OCH3 is 1. The molecule has 0 aromatic heterocycles. The molecule has 9 heteroatoms. The van der Waals surface area contributed by atoms with E-state index >= 15 is 0 Å². The fourth-order valence-electron chi connectivity index (χ4n) is 2.25. The van der Waals surface area contributed by atoms with Crippen LogP contribution in [0.25, 0.3) is 0 Å². The summed E-state index contributed by atoms with van der Waals surface area (Å²) in [6, 6.07) is 10.1. The highest BCUT2D eigenvalue weighted by Gasteiger charge is 2.12. The predicted molar refractivity (Wildman–Crippen MR) is 110 cm³/mol. The van der Waals surface area contributed by atoms with Crippen molar-refractivity contribution in [2.75, 3.05) is 19.0 Å². The molecule has 2 N–H and O–H groups in total. The van der Waals surface area contributed by atoms with Crippen LogP contribution in [0.3, 0.4) is 0 Å². The molecule has 2 amide bonds. The maximum Gasteiger partial charge on any atom is 0.249 e. The summed E-state index contributed by atoms with van der Waals surface area (Å²) in [6.45, 7) is 2.29. The van der Waals surface area contributed by atoms with Crippen molar-refractivity contribution < 1.29 is 19.1 Å². The molecule has 0 aliphatic heterocycles. The third-order valence-corrected chi connectivity index (χ3v) is 4.28. The molecule has 0 heterocycles. The molecule has 0 saturated heterocycles. The van der Waals surface area contributed by atoms with Gasteiger partial charge in [-0.25, -0.2) is 5.43 Å². The Bertz CT molecular complexity index is 887. The Labute approximate surface area is 172 Å². The number of hydrazone groups is 1. The topological polar surface area (TPSA) is 89.0 Å². The normalized spacial score (nSPS) is 10.6. The van der Waals surface area contributed by atoms with Crippen LogP contribution in [0, 0.1) is 0 Å². The summed E-state index contributed by atoms with van der Waals surface area (Å²) in [5, 5.41) is 6.90. The van der Waals surface area contributed by atoms with Crippen LogP contribution in [0.5, 0.6) is 11.5 Å². The molecule has 0 aliphatic rings. The van der Waals surface area contributed by atoms with Gasteiger partial charge in [0, 0.05) is 5.56 Å². The van der Waals surface area contributed by atoms with Gasteiger partial charge < -0.3 is 14.8 Å². The lowest BCUT2D eigenvalue weighted by molar-refractivity contribution is -0.126. The van der Waals surface area contributed by atoms with E-state index in [-0.39, 0.29) is 5.02 Å². The summed E-state index contributed by atoms with van der Waals surface area (Å²) in [4.78, 5) is 23.9. The Hall–Kier alpha value is -2.77. The Morgan fingerprint density at radius 1 is 1.14 bits per heavy atom. The van der Waals surface area contributed by atoms with Gasteiger partial charge in [-0.2, -0.15) is 5.10 Å². The van der Waals surface area contributed by atoms with Crippen LogP contribution in [0.15, 0.2) is 41.5 Å². The van der Waals surface area contributed by atoms with Crippen molar-refractivity contribution in [1.82, 2.24) is 5.43 Å². The van der Waals surface area contributed by atoms with Crippen molar-refractivity contribution in [2.45, 2.75) is 13.3 Å². The number of anilines is 1. The van der Waals surface area contributed by atoms with Gasteiger partial charge in [0.25, 0.3) is 0 Å². The lowest BCUT2D eigenvalue weighted by atomic mass is 10.2. The summed E-state index contributed by atoms with van der Waals surface area (Å²) in [5.74, 6) is -0.0743. The SMILES string of the molecule is CCOc1c(C=NNC(=O)CC(=O)Nc2cccc(Cl)c2Cl)cccc1OC. The number of carbonyl (C=O) groups is 2. The second-order valence-corrected chi connectivity index (χ2v) is 6.22. The summed E-state index contributed by atoms with van der Waals surface area (Å²) >= 11 is 11.9. The first kappa shape index (κ1) is 21.5. The maximum absolute atomic E-state index is 12.0. The number of nitrogens with one attached hydrogen (secondary N) is 2. The number of para-hydroxylation sites is 1. The van der Waals surface area contributed by atoms with E-state index in [4.69, 9.17) is 32.7 Å². The van der Waals surface area contributed by atoms with Crippen LogP contribution < -0.4 is 20.2 Å². The highest BCUT2D eigenvalue weighted by molar-refractivity contribution is 6.44. The molecular formula is C19H19Cl2N3O4. The Balaban J connectivity index is 1.95. The number of hydrogen-bond donors (Lipinski definition) is 2. The Kier molecular flexibility index (Phi) is 8.10. The first-order valence-electron chi connectivity index (χ1n) is 8.31. The van der Waals surface area contributed by atoms with Crippen molar-refractivity contribution >= 4 is 46.9 Å². The first-order valence-corrected chi connectivity index (χ1v) is 9.07. The third-order valence-electron chi connectivity index (χ3n) is 3.46. The highest BCUT2D eigenvalue weighted by atomic mass is 35.5. The van der Waals surface area contributed by atoms with E-state index in [1.807, 2.05) is 6.92 Å². The van der Waals surface area contributed by atoms with Crippen molar-refractivity contribution in [2.24, 2.45) is 5.10 Å². The second kappa shape index (κ2) is 10.5. The van der Waals surface area contributed by atoms with Crippen molar-refractivity contribution in [3.63, 3.8) is 0 Å². The maximum atomic E-state index is 12.0. The summed E-state index contributed by atoms with van der Waals surface area (Å²) in [7, 11) is 1.53. The molecule has 0 radical (unpaired) electrons. The number of nitrogens with zero attached hydrogens (tertiary/aromatic N) is 1. The van der Waals surface area contributed by atoms with E-state index in [2.05, 4.69) is 15.8 Å². The molecular weight excluding hydrogens is 405 g/mol. The fourth-order valence-corrected chi connectivity index (χ4v) is 2.60. The highest BCUT2D eigenvalue weighted by Crippen LogP contribution is 2.30. The second-order valence-electron chi connectivity index (χ2n) is 5.43. The molecule has 148 valence electrons. The summed E-state index contributed by atoms with van der Waals surface area (Å²) < 4.78 is 10.8. The minimum atomic E-state index is -0.590. The molecule has 2 rings (SSSR count). The number of rotatable bonds is 8. The number of halogens is 2. The van der Waals surface area contributed by atoms with Gasteiger partial charge in [-0.15, -0.1) is 0 Å². The number of ether oxygens (including phenoxy) is 2. The lowest BCUT2D eigenvalue weighted by Gasteiger charge is -2.11. The molecule has 0 aliphatic carbocycles. The average molecular weight is 424 g/mol. The van der Waals surface area contributed by atoms with E-state index in [1.54, 1.807) is 36.4 Å². The van der Waals surface area contributed by atoms with E-state index in [0.717, 1.165) is 0 Å². The summed E-state index contributed by atoms with van der Waals surface area (Å²) in [5.41, 5.74) is 3.24. The smallest absolute Gasteiger partial charge is 0.249 e. The van der Waals surface area contributed by atoms with Gasteiger partial charge in [0.05, 0.1) is 35.7 Å². The molecule has 0 saturated carbocycles. The van der Waals surface area contributed by atoms with Gasteiger partial charge in [-0.1, -0.05) is 35.3 Å². The standard InChI is InChI=1S/C19H19Cl2N3O4/c1-3-28-19-12(6-4-9-15(19)27-2)11-22-24-17(26)10-16(25)23-14-8-5-7-13(20)18(14)21/h4-9,11H,3,10H2,1-2H3,(H,23,25)(H,24,26). The zero-order valence-electron chi connectivity index (χ0n) is 15.3. The Morgan fingerprint density at radius 3 is 2.61 bits per heavy atom. The van der Waals surface area contributed by atoms with Gasteiger partial charge in [0.2, 0.25) is 11.8 Å². The molecule has 0 spiro atoms. The van der Waals surface area contributed by atoms with Crippen LogP contribution in [-0.2, 0) is 9.59 Å². The molecule has 0 unspecified atom stereocenters. The largest absolute Gasteiger partial charge is 0.493 e. The van der Waals surface area contributed by atoms with Crippen LogP contribution in [0.2, 0.25) is 10.0 Å².